The third kappa shape index (κ3) is 9.74. The number of hydrogen-bond donors (Lipinski definition) is 2. The fourth-order valence-electron chi connectivity index (χ4n) is 4.66. The van der Waals surface area contributed by atoms with Gasteiger partial charge in [0.15, 0.2) is 0 Å². The van der Waals surface area contributed by atoms with E-state index in [1.165, 1.54) is 11.8 Å². The Kier molecular flexibility index (Phi) is 11.9. The van der Waals surface area contributed by atoms with Crippen LogP contribution in [0.2, 0.25) is 0 Å². The molecule has 2 unspecified atom stereocenters. The van der Waals surface area contributed by atoms with Gasteiger partial charge >= 0.3 is 12.1 Å². The van der Waals surface area contributed by atoms with Gasteiger partial charge in [0, 0.05) is 12.0 Å². The Labute approximate surface area is 246 Å². The molecule has 222 valence electrons. The number of ether oxygens (including phenoxy) is 3. The van der Waals surface area contributed by atoms with Crippen molar-refractivity contribution < 1.29 is 28.6 Å². The first-order chi connectivity index (χ1) is 19.6. The Morgan fingerprint density at radius 1 is 1.05 bits per heavy atom. The van der Waals surface area contributed by atoms with Crippen LogP contribution in [-0.2, 0) is 25.7 Å². The van der Waals surface area contributed by atoms with Crippen LogP contribution in [0.3, 0.4) is 0 Å². The van der Waals surface area contributed by atoms with Crippen LogP contribution in [0.25, 0.3) is 0 Å². The molecule has 0 aromatic heterocycles. The Balaban J connectivity index is 1.66. The van der Waals surface area contributed by atoms with Crippen LogP contribution in [0.4, 0.5) is 4.79 Å². The maximum atomic E-state index is 13.0. The van der Waals surface area contributed by atoms with Crippen molar-refractivity contribution in [1.29, 1.82) is 0 Å². The highest BCUT2D eigenvalue weighted by Gasteiger charge is 2.40. The average molecular weight is 584 g/mol. The number of primary amides is 1. The smallest absolute Gasteiger partial charge is 0.408 e. The fourth-order valence-corrected chi connectivity index (χ4v) is 5.56. The molecule has 0 saturated heterocycles. The molecule has 0 radical (unpaired) electrons. The van der Waals surface area contributed by atoms with E-state index in [1.807, 2.05) is 60.4 Å². The Bertz CT molecular complexity index is 1210. The Morgan fingerprint density at radius 2 is 1.78 bits per heavy atom. The number of thioether (sulfide) groups is 1. The number of amides is 2. The molecule has 2 amide bonds. The van der Waals surface area contributed by atoms with E-state index in [4.69, 9.17) is 19.9 Å². The molecule has 2 aromatic carbocycles. The second-order valence-electron chi connectivity index (χ2n) is 10.7. The van der Waals surface area contributed by atoms with Crippen molar-refractivity contribution in [2.45, 2.75) is 59.1 Å². The normalized spacial score (nSPS) is 15.0. The van der Waals surface area contributed by atoms with Crippen molar-refractivity contribution in [2.75, 3.05) is 19.0 Å². The van der Waals surface area contributed by atoms with Crippen molar-refractivity contribution >= 4 is 29.7 Å². The van der Waals surface area contributed by atoms with Gasteiger partial charge in [-0.2, -0.15) is 0 Å². The number of rotatable bonds is 15. The molecule has 2 aromatic rings. The number of carbonyl (C=O) groups excluding carboxylic acids is 3. The zero-order valence-electron chi connectivity index (χ0n) is 24.3. The number of nitrogens with zero attached hydrogens (tertiary/aromatic N) is 1. The minimum atomic E-state index is -1.31. The van der Waals surface area contributed by atoms with E-state index >= 15 is 0 Å². The molecule has 41 heavy (non-hydrogen) atoms. The minimum absolute atomic E-state index is 0.00883. The standard InChI is InChI=1S/C31H41N3O6S/c1-5-38-28(35)27-20-41-21-34(27)18-23(4)17-31(29(32)36,15-14-22(2)3)33-30(37)39-19-24-10-9-13-26(16-24)40-25-11-7-6-8-12-25/h6-13,16,20,22-23H,5,14-15,17-19,21H2,1-4H3,(H2,32,36)(H,33,37). The minimum Gasteiger partial charge on any atom is -0.461 e. The summed E-state index contributed by atoms with van der Waals surface area (Å²) in [6, 6.07) is 16.7. The first-order valence-corrected chi connectivity index (χ1v) is 15.0. The van der Waals surface area contributed by atoms with Crippen molar-refractivity contribution in [2.24, 2.45) is 17.6 Å². The van der Waals surface area contributed by atoms with Crippen LogP contribution in [0.15, 0.2) is 65.7 Å². The lowest BCUT2D eigenvalue weighted by Crippen LogP contribution is -2.59. The summed E-state index contributed by atoms with van der Waals surface area (Å²) < 4.78 is 16.6. The largest absolute Gasteiger partial charge is 0.461 e. The van der Waals surface area contributed by atoms with E-state index in [0.29, 0.717) is 61.4 Å². The zero-order valence-corrected chi connectivity index (χ0v) is 25.1. The van der Waals surface area contributed by atoms with Gasteiger partial charge in [-0.3, -0.25) is 4.79 Å². The lowest BCUT2D eigenvalue weighted by molar-refractivity contribution is -0.140. The van der Waals surface area contributed by atoms with Gasteiger partial charge in [0.2, 0.25) is 5.91 Å². The van der Waals surface area contributed by atoms with Gasteiger partial charge in [0.05, 0.1) is 12.5 Å². The van der Waals surface area contributed by atoms with Gasteiger partial charge in [-0.05, 0) is 67.9 Å². The summed E-state index contributed by atoms with van der Waals surface area (Å²) in [7, 11) is 0. The number of benzene rings is 2. The maximum Gasteiger partial charge on any atom is 0.408 e. The number of alkyl carbamates (subject to hydrolysis) is 1. The van der Waals surface area contributed by atoms with Gasteiger partial charge in [0.25, 0.3) is 0 Å². The SMILES string of the molecule is CCOC(=O)C1=CSCN1CC(C)CC(CCC(C)C)(NC(=O)OCc1cccc(Oc2ccccc2)c1)C(N)=O. The first-order valence-electron chi connectivity index (χ1n) is 13.9. The van der Waals surface area contributed by atoms with E-state index in [-0.39, 0.29) is 18.5 Å². The van der Waals surface area contributed by atoms with Gasteiger partial charge in [-0.1, -0.05) is 51.1 Å². The third-order valence-corrected chi connectivity index (χ3v) is 7.54. The molecule has 0 fully saturated rings. The molecule has 1 aliphatic rings. The van der Waals surface area contributed by atoms with Crippen LogP contribution in [0.1, 0.15) is 52.5 Å². The summed E-state index contributed by atoms with van der Waals surface area (Å²) in [4.78, 5) is 40.3. The highest BCUT2D eigenvalue weighted by molar-refractivity contribution is 8.02. The van der Waals surface area contributed by atoms with E-state index in [1.54, 1.807) is 18.4 Å². The highest BCUT2D eigenvalue weighted by Crippen LogP contribution is 2.30. The molecule has 1 aliphatic heterocycles. The Hall–Kier alpha value is -3.66. The van der Waals surface area contributed by atoms with Crippen LogP contribution < -0.4 is 15.8 Å². The summed E-state index contributed by atoms with van der Waals surface area (Å²) >= 11 is 1.51. The van der Waals surface area contributed by atoms with Crippen molar-refractivity contribution in [1.82, 2.24) is 10.2 Å². The predicted octanol–water partition coefficient (Wildman–Crippen LogP) is 5.80. The molecular formula is C31H41N3O6S. The maximum absolute atomic E-state index is 13.0. The monoisotopic (exact) mass is 583 g/mol. The molecule has 2 atom stereocenters. The van der Waals surface area contributed by atoms with Crippen LogP contribution in [0.5, 0.6) is 11.5 Å². The number of para-hydroxylation sites is 1. The first kappa shape index (κ1) is 31.9. The van der Waals surface area contributed by atoms with Gasteiger partial charge < -0.3 is 30.2 Å². The van der Waals surface area contributed by atoms with Crippen molar-refractivity contribution in [3.05, 3.63) is 71.3 Å². The van der Waals surface area contributed by atoms with E-state index in [9.17, 15) is 14.4 Å². The number of carbonyl (C=O) groups is 3. The third-order valence-electron chi connectivity index (χ3n) is 6.69. The average Bonchev–Trinajstić information content (AvgIpc) is 3.39. The Morgan fingerprint density at radius 3 is 2.46 bits per heavy atom. The lowest BCUT2D eigenvalue weighted by atomic mass is 9.81. The number of nitrogens with one attached hydrogen (secondary N) is 1. The van der Waals surface area contributed by atoms with Crippen molar-refractivity contribution in [3.63, 3.8) is 0 Å². The number of esters is 1. The molecule has 0 aliphatic carbocycles. The molecule has 3 N–H and O–H groups in total. The van der Waals surface area contributed by atoms with Gasteiger partial charge in [0.1, 0.15) is 29.3 Å². The highest BCUT2D eigenvalue weighted by atomic mass is 32.2. The summed E-state index contributed by atoms with van der Waals surface area (Å²) in [6.07, 6.45) is 0.622. The van der Waals surface area contributed by atoms with Gasteiger partial charge in [-0.15, -0.1) is 11.8 Å². The molecule has 0 spiro atoms. The molecule has 10 heteroatoms. The quantitative estimate of drug-likeness (QED) is 0.252. The van der Waals surface area contributed by atoms with E-state index in [2.05, 4.69) is 19.2 Å². The summed E-state index contributed by atoms with van der Waals surface area (Å²) in [6.45, 7) is 8.63. The molecular weight excluding hydrogens is 542 g/mol. The number of hydrogen-bond acceptors (Lipinski definition) is 8. The van der Waals surface area contributed by atoms with Crippen LogP contribution >= 0.6 is 11.8 Å². The topological polar surface area (TPSA) is 120 Å². The summed E-state index contributed by atoms with van der Waals surface area (Å²) in [5.74, 6) is 1.15. The zero-order chi connectivity index (χ0) is 29.8. The van der Waals surface area contributed by atoms with E-state index in [0.717, 1.165) is 5.56 Å². The van der Waals surface area contributed by atoms with Crippen LogP contribution in [-0.4, -0.2) is 47.4 Å². The predicted molar refractivity (Wildman–Crippen MR) is 160 cm³/mol. The summed E-state index contributed by atoms with van der Waals surface area (Å²) in [5.41, 5.74) is 5.88. The second-order valence-corrected chi connectivity index (χ2v) is 11.5. The second kappa shape index (κ2) is 15.4. The summed E-state index contributed by atoms with van der Waals surface area (Å²) in [5, 5.41) is 4.62. The van der Waals surface area contributed by atoms with E-state index < -0.39 is 17.5 Å². The number of nitrogens with two attached hydrogens (primary N) is 1. The lowest BCUT2D eigenvalue weighted by Gasteiger charge is -2.35. The molecule has 3 rings (SSSR count). The molecule has 9 nitrogen and oxygen atoms in total. The van der Waals surface area contributed by atoms with Crippen LogP contribution in [0, 0.1) is 11.8 Å². The molecule has 0 bridgehead atoms. The molecule has 1 heterocycles. The fraction of sp³-hybridized carbons (Fsp3) is 0.452. The molecule has 0 saturated carbocycles. The van der Waals surface area contributed by atoms with Crippen molar-refractivity contribution in [3.8, 4) is 11.5 Å². The van der Waals surface area contributed by atoms with Gasteiger partial charge in [-0.25, -0.2) is 9.59 Å².